The molecular weight excluding hydrogens is 272 g/mol. The quantitative estimate of drug-likeness (QED) is 0.731. The Bertz CT molecular complexity index is 545. The van der Waals surface area contributed by atoms with E-state index in [2.05, 4.69) is 0 Å². The molecule has 1 aromatic carbocycles. The van der Waals surface area contributed by atoms with Crippen LogP contribution in [0.2, 0.25) is 0 Å². The molecule has 1 heterocycles. The molecule has 2 nitrogen and oxygen atoms in total. The van der Waals surface area contributed by atoms with Gasteiger partial charge in [-0.2, -0.15) is 18.4 Å². The van der Waals surface area contributed by atoms with E-state index < -0.39 is 23.1 Å². The summed E-state index contributed by atoms with van der Waals surface area (Å²) < 4.78 is 52.9. The lowest BCUT2D eigenvalue weighted by Gasteiger charge is -2.33. The van der Waals surface area contributed by atoms with Crippen molar-refractivity contribution in [2.24, 2.45) is 5.92 Å². The SMILES string of the molecule is CC1CCCN(c2ccc(C#N)c(C(F)(F)F)c2F)C1. The summed E-state index contributed by atoms with van der Waals surface area (Å²) in [5.41, 5.74) is -2.21. The highest BCUT2D eigenvalue weighted by Crippen LogP contribution is 2.38. The monoisotopic (exact) mass is 286 g/mol. The molecule has 0 N–H and O–H groups in total. The number of hydrogen-bond acceptors (Lipinski definition) is 2. The Kier molecular flexibility index (Phi) is 3.89. The van der Waals surface area contributed by atoms with Crippen molar-refractivity contribution in [3.63, 3.8) is 0 Å². The molecule has 0 amide bonds. The molecule has 0 aromatic heterocycles. The summed E-state index contributed by atoms with van der Waals surface area (Å²) in [5, 5.41) is 8.72. The summed E-state index contributed by atoms with van der Waals surface area (Å²) in [6.45, 7) is 3.04. The van der Waals surface area contributed by atoms with E-state index in [1.165, 1.54) is 12.1 Å². The number of hydrogen-bond donors (Lipinski definition) is 0. The number of benzene rings is 1. The minimum atomic E-state index is -4.87. The molecule has 1 aliphatic heterocycles. The van der Waals surface area contributed by atoms with Gasteiger partial charge in [0.15, 0.2) is 5.82 Å². The highest BCUT2D eigenvalue weighted by atomic mass is 19.4. The topological polar surface area (TPSA) is 27.0 Å². The van der Waals surface area contributed by atoms with Gasteiger partial charge in [0, 0.05) is 13.1 Å². The number of rotatable bonds is 1. The van der Waals surface area contributed by atoms with Gasteiger partial charge in [0.05, 0.1) is 17.3 Å². The van der Waals surface area contributed by atoms with Crippen molar-refractivity contribution in [3.05, 3.63) is 29.1 Å². The molecule has 108 valence electrons. The second-order valence-electron chi connectivity index (χ2n) is 5.12. The van der Waals surface area contributed by atoms with E-state index in [1.54, 1.807) is 4.90 Å². The predicted octanol–water partition coefficient (Wildman–Crippen LogP) is 3.95. The van der Waals surface area contributed by atoms with Gasteiger partial charge in [-0.05, 0) is 30.9 Å². The number of alkyl halides is 3. The first-order chi connectivity index (χ1) is 9.34. The molecule has 0 bridgehead atoms. The lowest BCUT2D eigenvalue weighted by Crippen LogP contribution is -2.35. The lowest BCUT2D eigenvalue weighted by molar-refractivity contribution is -0.140. The summed E-state index contributed by atoms with van der Waals surface area (Å²) >= 11 is 0. The van der Waals surface area contributed by atoms with Gasteiger partial charge < -0.3 is 4.90 Å². The van der Waals surface area contributed by atoms with Crippen molar-refractivity contribution in [3.8, 4) is 6.07 Å². The fourth-order valence-corrected chi connectivity index (χ4v) is 2.59. The Labute approximate surface area is 114 Å². The number of piperidine rings is 1. The third kappa shape index (κ3) is 2.72. The lowest BCUT2D eigenvalue weighted by atomic mass is 9.98. The van der Waals surface area contributed by atoms with Gasteiger partial charge in [-0.15, -0.1) is 0 Å². The molecule has 1 aromatic rings. The minimum Gasteiger partial charge on any atom is -0.369 e. The zero-order valence-electron chi connectivity index (χ0n) is 11.0. The standard InChI is InChI=1S/C14H14F4N2/c1-9-3-2-6-20(8-9)11-5-4-10(7-19)12(13(11)15)14(16,17)18/h4-5,9H,2-3,6,8H2,1H3. The van der Waals surface area contributed by atoms with E-state index in [-0.39, 0.29) is 5.69 Å². The maximum Gasteiger partial charge on any atom is 0.420 e. The Morgan fingerprint density at radius 2 is 2.05 bits per heavy atom. The first kappa shape index (κ1) is 14.6. The summed E-state index contributed by atoms with van der Waals surface area (Å²) in [7, 11) is 0. The molecule has 1 aliphatic rings. The highest BCUT2D eigenvalue weighted by Gasteiger charge is 2.39. The van der Waals surface area contributed by atoms with Crippen molar-refractivity contribution < 1.29 is 17.6 Å². The van der Waals surface area contributed by atoms with Crippen molar-refractivity contribution in [1.29, 1.82) is 5.26 Å². The average molecular weight is 286 g/mol. The summed E-state index contributed by atoms with van der Waals surface area (Å²) in [5.74, 6) is -1.03. The van der Waals surface area contributed by atoms with E-state index in [1.807, 2.05) is 6.92 Å². The van der Waals surface area contributed by atoms with Gasteiger partial charge in [-0.3, -0.25) is 0 Å². The van der Waals surface area contributed by atoms with Crippen molar-refractivity contribution in [2.75, 3.05) is 18.0 Å². The zero-order valence-corrected chi connectivity index (χ0v) is 11.0. The second-order valence-corrected chi connectivity index (χ2v) is 5.12. The largest absolute Gasteiger partial charge is 0.420 e. The normalized spacial score (nSPS) is 19.8. The van der Waals surface area contributed by atoms with Crippen LogP contribution in [0.4, 0.5) is 23.2 Å². The molecule has 0 aliphatic carbocycles. The fraction of sp³-hybridized carbons (Fsp3) is 0.500. The Morgan fingerprint density at radius 1 is 1.35 bits per heavy atom. The molecule has 1 fully saturated rings. The van der Waals surface area contributed by atoms with E-state index in [9.17, 15) is 17.6 Å². The van der Waals surface area contributed by atoms with Gasteiger partial charge >= 0.3 is 6.18 Å². The smallest absolute Gasteiger partial charge is 0.369 e. The maximum absolute atomic E-state index is 14.2. The van der Waals surface area contributed by atoms with E-state index in [0.29, 0.717) is 19.0 Å². The van der Waals surface area contributed by atoms with Crippen LogP contribution in [0.1, 0.15) is 30.9 Å². The summed E-state index contributed by atoms with van der Waals surface area (Å²) in [4.78, 5) is 1.62. The summed E-state index contributed by atoms with van der Waals surface area (Å²) in [6, 6.07) is 3.71. The Hall–Kier alpha value is -1.77. The molecule has 1 unspecified atom stereocenters. The molecule has 0 saturated carbocycles. The molecule has 1 atom stereocenters. The van der Waals surface area contributed by atoms with Crippen LogP contribution in [0.3, 0.4) is 0 Å². The van der Waals surface area contributed by atoms with Crippen LogP contribution in [0.15, 0.2) is 12.1 Å². The van der Waals surface area contributed by atoms with Crippen LogP contribution in [0.5, 0.6) is 0 Å². The molecule has 2 rings (SSSR count). The molecule has 6 heteroatoms. The van der Waals surface area contributed by atoms with Crippen molar-refractivity contribution in [2.45, 2.75) is 25.9 Å². The third-order valence-corrected chi connectivity index (χ3v) is 3.52. The zero-order chi connectivity index (χ0) is 14.9. The Morgan fingerprint density at radius 3 is 2.60 bits per heavy atom. The first-order valence-electron chi connectivity index (χ1n) is 6.39. The van der Waals surface area contributed by atoms with Crippen LogP contribution in [-0.4, -0.2) is 13.1 Å². The van der Waals surface area contributed by atoms with Crippen molar-refractivity contribution in [1.82, 2.24) is 0 Å². The summed E-state index contributed by atoms with van der Waals surface area (Å²) in [6.07, 6.45) is -3.06. The fourth-order valence-electron chi connectivity index (χ4n) is 2.59. The number of halogens is 4. The second kappa shape index (κ2) is 5.31. The molecule has 0 radical (unpaired) electrons. The van der Waals surface area contributed by atoms with Gasteiger partial charge in [0.2, 0.25) is 0 Å². The maximum atomic E-state index is 14.2. The van der Waals surface area contributed by atoms with E-state index in [0.717, 1.165) is 18.9 Å². The molecule has 20 heavy (non-hydrogen) atoms. The number of anilines is 1. The van der Waals surface area contributed by atoms with Crippen molar-refractivity contribution >= 4 is 5.69 Å². The highest BCUT2D eigenvalue weighted by molar-refractivity contribution is 5.56. The number of nitriles is 1. The van der Waals surface area contributed by atoms with Gasteiger partial charge in [-0.1, -0.05) is 6.92 Å². The van der Waals surface area contributed by atoms with Crippen LogP contribution < -0.4 is 4.90 Å². The number of nitrogens with zero attached hydrogens (tertiary/aromatic N) is 2. The van der Waals surface area contributed by atoms with E-state index in [4.69, 9.17) is 5.26 Å². The average Bonchev–Trinajstić information content (AvgIpc) is 2.36. The molecule has 0 spiro atoms. The minimum absolute atomic E-state index is 0.0668. The van der Waals surface area contributed by atoms with Crippen LogP contribution in [-0.2, 0) is 6.18 Å². The van der Waals surface area contributed by atoms with E-state index >= 15 is 0 Å². The predicted molar refractivity (Wildman–Crippen MR) is 66.7 cm³/mol. The van der Waals surface area contributed by atoms with Crippen LogP contribution in [0, 0.1) is 23.1 Å². The van der Waals surface area contributed by atoms with Crippen LogP contribution in [0.25, 0.3) is 0 Å². The first-order valence-corrected chi connectivity index (χ1v) is 6.39. The molecular formula is C14H14F4N2. The van der Waals surface area contributed by atoms with Crippen LogP contribution >= 0.6 is 0 Å². The van der Waals surface area contributed by atoms with Gasteiger partial charge in [0.1, 0.15) is 5.56 Å². The third-order valence-electron chi connectivity index (χ3n) is 3.52. The van der Waals surface area contributed by atoms with Gasteiger partial charge in [0.25, 0.3) is 0 Å². The van der Waals surface area contributed by atoms with Gasteiger partial charge in [-0.25, -0.2) is 4.39 Å². The molecule has 1 saturated heterocycles. The Balaban J connectivity index is 2.49.